The summed E-state index contributed by atoms with van der Waals surface area (Å²) in [4.78, 5) is 2.21. The molecule has 0 fully saturated rings. The fraction of sp³-hybridized carbons (Fsp3) is 0.500. The van der Waals surface area contributed by atoms with Gasteiger partial charge in [0.2, 0.25) is 0 Å². The van der Waals surface area contributed by atoms with Crippen LogP contribution in [0.1, 0.15) is 13.8 Å². The second-order valence-corrected chi connectivity index (χ2v) is 4.44. The Balaban J connectivity index is 2.40. The summed E-state index contributed by atoms with van der Waals surface area (Å²) in [6, 6.07) is 8.46. The van der Waals surface area contributed by atoms with Gasteiger partial charge in [-0.05, 0) is 24.3 Å². The van der Waals surface area contributed by atoms with E-state index < -0.39 is 0 Å². The van der Waals surface area contributed by atoms with Gasteiger partial charge in [-0.15, -0.1) is 0 Å². The molecule has 0 aliphatic rings. The van der Waals surface area contributed by atoms with Gasteiger partial charge in [0.05, 0.1) is 0 Å². The number of halogens is 1. The first-order valence-corrected chi connectivity index (χ1v) is 5.67. The van der Waals surface area contributed by atoms with Crippen LogP contribution in [0.5, 0.6) is 0 Å². The van der Waals surface area contributed by atoms with Crippen LogP contribution in [-0.2, 0) is 0 Å². The van der Waals surface area contributed by atoms with E-state index in [2.05, 4.69) is 31.1 Å². The third-order valence-electron chi connectivity index (χ3n) is 2.27. The maximum absolute atomic E-state index is 5.83. The Labute approximate surface area is 97.2 Å². The lowest BCUT2D eigenvalue weighted by Crippen LogP contribution is -2.32. The number of nitrogens with one attached hydrogen (secondary N) is 1. The van der Waals surface area contributed by atoms with E-state index in [1.165, 1.54) is 5.69 Å². The molecule has 1 aromatic rings. The lowest BCUT2D eigenvalue weighted by atomic mass is 10.3. The summed E-state index contributed by atoms with van der Waals surface area (Å²) in [7, 11) is 2.09. The fourth-order valence-electron chi connectivity index (χ4n) is 1.35. The maximum atomic E-state index is 5.83. The van der Waals surface area contributed by atoms with Gasteiger partial charge in [-0.2, -0.15) is 0 Å². The molecule has 0 saturated heterocycles. The van der Waals surface area contributed by atoms with Crippen molar-refractivity contribution in [3.8, 4) is 0 Å². The number of hydrogen-bond donors (Lipinski definition) is 1. The SMILES string of the molecule is CC(C)NCCN(C)c1ccc(Cl)cc1. The molecule has 0 amide bonds. The number of hydrogen-bond acceptors (Lipinski definition) is 2. The second kappa shape index (κ2) is 5.99. The predicted octanol–water partition coefficient (Wildman–Crippen LogP) is 2.77. The summed E-state index contributed by atoms with van der Waals surface area (Å²) in [5.74, 6) is 0. The summed E-state index contributed by atoms with van der Waals surface area (Å²) in [6.07, 6.45) is 0. The quantitative estimate of drug-likeness (QED) is 0.831. The van der Waals surface area contributed by atoms with Crippen molar-refractivity contribution in [3.05, 3.63) is 29.3 Å². The van der Waals surface area contributed by atoms with E-state index in [1.807, 2.05) is 24.3 Å². The molecule has 0 radical (unpaired) electrons. The minimum absolute atomic E-state index is 0.545. The number of nitrogens with zero attached hydrogens (tertiary/aromatic N) is 1. The van der Waals surface area contributed by atoms with Gasteiger partial charge in [0, 0.05) is 36.9 Å². The highest BCUT2D eigenvalue weighted by Gasteiger charge is 2.00. The normalized spacial score (nSPS) is 10.7. The van der Waals surface area contributed by atoms with E-state index in [4.69, 9.17) is 11.6 Å². The summed E-state index contributed by atoms with van der Waals surface area (Å²) >= 11 is 5.83. The lowest BCUT2D eigenvalue weighted by molar-refractivity contribution is 0.589. The highest BCUT2D eigenvalue weighted by Crippen LogP contribution is 2.16. The lowest BCUT2D eigenvalue weighted by Gasteiger charge is -2.20. The molecule has 1 rings (SSSR count). The topological polar surface area (TPSA) is 15.3 Å². The van der Waals surface area contributed by atoms with Gasteiger partial charge in [0.25, 0.3) is 0 Å². The molecule has 0 saturated carbocycles. The summed E-state index contributed by atoms with van der Waals surface area (Å²) in [5.41, 5.74) is 1.20. The summed E-state index contributed by atoms with van der Waals surface area (Å²) in [5, 5.41) is 4.17. The molecule has 0 spiro atoms. The molecule has 1 N–H and O–H groups in total. The standard InChI is InChI=1S/C12H19ClN2/c1-10(2)14-8-9-15(3)12-6-4-11(13)5-7-12/h4-7,10,14H,8-9H2,1-3H3. The maximum Gasteiger partial charge on any atom is 0.0407 e. The van der Waals surface area contributed by atoms with Crippen molar-refractivity contribution in [1.82, 2.24) is 5.32 Å². The molecule has 2 nitrogen and oxygen atoms in total. The van der Waals surface area contributed by atoms with E-state index in [9.17, 15) is 0 Å². The van der Waals surface area contributed by atoms with Crippen molar-refractivity contribution >= 4 is 17.3 Å². The van der Waals surface area contributed by atoms with Crippen LogP contribution in [0, 0.1) is 0 Å². The third kappa shape index (κ3) is 4.54. The molecular weight excluding hydrogens is 208 g/mol. The van der Waals surface area contributed by atoms with Crippen molar-refractivity contribution in [1.29, 1.82) is 0 Å². The van der Waals surface area contributed by atoms with E-state index in [1.54, 1.807) is 0 Å². The van der Waals surface area contributed by atoms with Crippen molar-refractivity contribution in [2.75, 3.05) is 25.0 Å². The Morgan fingerprint density at radius 1 is 1.27 bits per heavy atom. The molecule has 0 aromatic heterocycles. The molecule has 0 bridgehead atoms. The van der Waals surface area contributed by atoms with Crippen LogP contribution in [0.25, 0.3) is 0 Å². The fourth-order valence-corrected chi connectivity index (χ4v) is 1.47. The van der Waals surface area contributed by atoms with Crippen molar-refractivity contribution < 1.29 is 0 Å². The summed E-state index contributed by atoms with van der Waals surface area (Å²) in [6.45, 7) is 6.31. The average molecular weight is 227 g/mol. The van der Waals surface area contributed by atoms with Gasteiger partial charge in [0.15, 0.2) is 0 Å². The first kappa shape index (κ1) is 12.3. The van der Waals surface area contributed by atoms with Crippen LogP contribution in [-0.4, -0.2) is 26.2 Å². The van der Waals surface area contributed by atoms with Gasteiger partial charge in [-0.1, -0.05) is 25.4 Å². The Morgan fingerprint density at radius 3 is 2.40 bits per heavy atom. The number of anilines is 1. The number of benzene rings is 1. The first-order valence-electron chi connectivity index (χ1n) is 5.29. The first-order chi connectivity index (χ1) is 7.09. The largest absolute Gasteiger partial charge is 0.373 e. The Bertz CT molecular complexity index is 282. The molecule has 3 heteroatoms. The molecule has 0 atom stereocenters. The highest BCUT2D eigenvalue weighted by atomic mass is 35.5. The Kier molecular flexibility index (Phi) is 4.92. The van der Waals surface area contributed by atoms with Crippen LogP contribution >= 0.6 is 11.6 Å². The zero-order valence-corrected chi connectivity index (χ0v) is 10.4. The molecule has 1 aromatic carbocycles. The van der Waals surface area contributed by atoms with Crippen LogP contribution in [0.2, 0.25) is 5.02 Å². The monoisotopic (exact) mass is 226 g/mol. The molecule has 84 valence electrons. The van der Waals surface area contributed by atoms with Crippen LogP contribution in [0.4, 0.5) is 5.69 Å². The predicted molar refractivity (Wildman–Crippen MR) is 67.9 cm³/mol. The van der Waals surface area contributed by atoms with Gasteiger partial charge in [-0.25, -0.2) is 0 Å². The van der Waals surface area contributed by atoms with E-state index >= 15 is 0 Å². The molecule has 0 heterocycles. The molecule has 0 aliphatic carbocycles. The Morgan fingerprint density at radius 2 is 1.87 bits per heavy atom. The van der Waals surface area contributed by atoms with Crippen LogP contribution in [0.3, 0.4) is 0 Å². The van der Waals surface area contributed by atoms with Gasteiger partial charge in [0.1, 0.15) is 0 Å². The molecule has 0 unspecified atom stereocenters. The molecule has 15 heavy (non-hydrogen) atoms. The smallest absolute Gasteiger partial charge is 0.0407 e. The molecule has 0 aliphatic heterocycles. The Hall–Kier alpha value is -0.730. The third-order valence-corrected chi connectivity index (χ3v) is 2.52. The minimum atomic E-state index is 0.545. The van der Waals surface area contributed by atoms with Crippen LogP contribution < -0.4 is 10.2 Å². The van der Waals surface area contributed by atoms with Crippen LogP contribution in [0.15, 0.2) is 24.3 Å². The highest BCUT2D eigenvalue weighted by molar-refractivity contribution is 6.30. The van der Waals surface area contributed by atoms with E-state index in [-0.39, 0.29) is 0 Å². The van der Waals surface area contributed by atoms with Gasteiger partial charge >= 0.3 is 0 Å². The van der Waals surface area contributed by atoms with Crippen molar-refractivity contribution in [3.63, 3.8) is 0 Å². The minimum Gasteiger partial charge on any atom is -0.373 e. The number of likely N-dealkylation sites (N-methyl/N-ethyl adjacent to an activating group) is 1. The van der Waals surface area contributed by atoms with E-state index in [0.717, 1.165) is 18.1 Å². The zero-order chi connectivity index (χ0) is 11.3. The average Bonchev–Trinajstić information content (AvgIpc) is 2.18. The van der Waals surface area contributed by atoms with Crippen molar-refractivity contribution in [2.24, 2.45) is 0 Å². The number of rotatable bonds is 5. The zero-order valence-electron chi connectivity index (χ0n) is 9.63. The summed E-state index contributed by atoms with van der Waals surface area (Å²) < 4.78 is 0. The molecular formula is C12H19ClN2. The van der Waals surface area contributed by atoms with E-state index in [0.29, 0.717) is 6.04 Å². The second-order valence-electron chi connectivity index (χ2n) is 4.01. The van der Waals surface area contributed by atoms with Gasteiger partial charge in [-0.3, -0.25) is 0 Å². The van der Waals surface area contributed by atoms with Gasteiger partial charge < -0.3 is 10.2 Å². The van der Waals surface area contributed by atoms with Crippen molar-refractivity contribution in [2.45, 2.75) is 19.9 Å².